The summed E-state index contributed by atoms with van der Waals surface area (Å²) >= 11 is 0. The van der Waals surface area contributed by atoms with E-state index < -0.39 is 27.8 Å². The van der Waals surface area contributed by atoms with Crippen molar-refractivity contribution < 1.29 is 22.3 Å². The normalized spacial score (nSPS) is 12.8. The van der Waals surface area contributed by atoms with Crippen molar-refractivity contribution in [1.82, 2.24) is 5.32 Å². The van der Waals surface area contributed by atoms with Crippen molar-refractivity contribution in [2.24, 2.45) is 0 Å². The van der Waals surface area contributed by atoms with Gasteiger partial charge in [0.05, 0.1) is 18.6 Å². The number of nitrogens with one attached hydrogen (secondary N) is 1. The minimum absolute atomic E-state index is 0.230. The molecule has 118 valence electrons. The molecule has 1 aromatic rings. The number of hydrogen-bond acceptors (Lipinski definition) is 4. The first kappa shape index (κ1) is 17.4. The van der Waals surface area contributed by atoms with Crippen LogP contribution in [0.2, 0.25) is 0 Å². The number of methoxy groups -OCH3 is 1. The molecule has 0 spiro atoms. The molecule has 8 heteroatoms. The van der Waals surface area contributed by atoms with E-state index in [1.54, 1.807) is 0 Å². The molecule has 1 N–H and O–H groups in total. The van der Waals surface area contributed by atoms with Crippen molar-refractivity contribution in [3.8, 4) is 0 Å². The summed E-state index contributed by atoms with van der Waals surface area (Å²) in [6.07, 6.45) is 0.995. The van der Waals surface area contributed by atoms with Crippen LogP contribution in [-0.4, -0.2) is 46.9 Å². The molecule has 1 atom stereocenters. The number of anilines is 1. The molecule has 1 aromatic carbocycles. The first-order chi connectivity index (χ1) is 9.77. The third-order valence-corrected chi connectivity index (χ3v) is 4.02. The summed E-state index contributed by atoms with van der Waals surface area (Å²) in [5.74, 6) is -0.939. The molecule has 1 rings (SSSR count). The first-order valence-corrected chi connectivity index (χ1v) is 8.14. The number of benzene rings is 1. The van der Waals surface area contributed by atoms with E-state index in [0.717, 1.165) is 22.7 Å². The predicted molar refractivity (Wildman–Crippen MR) is 78.1 cm³/mol. The molecule has 0 saturated heterocycles. The molecule has 6 nitrogen and oxygen atoms in total. The van der Waals surface area contributed by atoms with Gasteiger partial charge in [0, 0.05) is 13.7 Å². The highest BCUT2D eigenvalue weighted by Gasteiger charge is 2.28. The summed E-state index contributed by atoms with van der Waals surface area (Å²) in [6.45, 7) is 2.07. The molecule has 0 radical (unpaired) electrons. The second-order valence-electron chi connectivity index (χ2n) is 4.50. The summed E-state index contributed by atoms with van der Waals surface area (Å²) in [5.41, 5.74) is 0.230. The number of amides is 1. The monoisotopic (exact) mass is 318 g/mol. The van der Waals surface area contributed by atoms with Crippen LogP contribution in [0, 0.1) is 5.82 Å². The Morgan fingerprint density at radius 3 is 2.43 bits per heavy atom. The number of halogens is 1. The number of carbonyl (C=O) groups excluding carboxylic acids is 1. The Bertz CT molecular complexity index is 574. The van der Waals surface area contributed by atoms with Gasteiger partial charge in [0.2, 0.25) is 15.9 Å². The van der Waals surface area contributed by atoms with Crippen molar-refractivity contribution in [2.75, 3.05) is 30.8 Å². The Morgan fingerprint density at radius 1 is 1.38 bits per heavy atom. The molecular formula is C13H19FN2O4S. The summed E-state index contributed by atoms with van der Waals surface area (Å²) in [5, 5.41) is 2.57. The lowest BCUT2D eigenvalue weighted by Gasteiger charge is -2.28. The van der Waals surface area contributed by atoms with Crippen LogP contribution in [0.3, 0.4) is 0 Å². The summed E-state index contributed by atoms with van der Waals surface area (Å²) < 4.78 is 42.6. The van der Waals surface area contributed by atoms with Crippen LogP contribution in [0.1, 0.15) is 6.92 Å². The van der Waals surface area contributed by atoms with Gasteiger partial charge in [0.1, 0.15) is 11.9 Å². The van der Waals surface area contributed by atoms with Crippen LogP contribution in [0.15, 0.2) is 24.3 Å². The average molecular weight is 318 g/mol. The van der Waals surface area contributed by atoms with Gasteiger partial charge in [-0.15, -0.1) is 0 Å². The Kier molecular flexibility index (Phi) is 6.10. The van der Waals surface area contributed by atoms with Crippen molar-refractivity contribution in [3.63, 3.8) is 0 Å². The van der Waals surface area contributed by atoms with Gasteiger partial charge < -0.3 is 10.1 Å². The molecule has 0 bridgehead atoms. The number of sulfonamides is 1. The Hall–Kier alpha value is -1.67. The number of ether oxygens (including phenoxy) is 1. The highest BCUT2D eigenvalue weighted by atomic mass is 32.2. The summed E-state index contributed by atoms with van der Waals surface area (Å²) in [6, 6.07) is 3.96. The molecule has 0 aliphatic carbocycles. The summed E-state index contributed by atoms with van der Waals surface area (Å²) in [7, 11) is -2.19. The zero-order chi connectivity index (χ0) is 16.0. The standard InChI is InChI=1S/C13H19FN2O4S/c1-10(13(17)15-8-9-20-2)16(21(3,18)19)12-6-4-11(14)5-7-12/h4-7,10H,8-9H2,1-3H3,(H,15,17)/t10-/m1/s1. The SMILES string of the molecule is COCCNC(=O)[C@@H](C)N(c1ccc(F)cc1)S(C)(=O)=O. The molecule has 0 fully saturated rings. The molecule has 0 aromatic heterocycles. The van der Waals surface area contributed by atoms with Crippen LogP contribution in [0.4, 0.5) is 10.1 Å². The fourth-order valence-electron chi connectivity index (χ4n) is 1.82. The van der Waals surface area contributed by atoms with Gasteiger partial charge in [0.25, 0.3) is 0 Å². The lowest BCUT2D eigenvalue weighted by molar-refractivity contribution is -0.122. The molecule has 1 amide bonds. The largest absolute Gasteiger partial charge is 0.383 e. The molecular weight excluding hydrogens is 299 g/mol. The molecule has 0 aliphatic heterocycles. The van der Waals surface area contributed by atoms with E-state index >= 15 is 0 Å². The molecule has 21 heavy (non-hydrogen) atoms. The van der Waals surface area contributed by atoms with Gasteiger partial charge in [-0.2, -0.15) is 0 Å². The minimum atomic E-state index is -3.69. The fourth-order valence-corrected chi connectivity index (χ4v) is 3.00. The van der Waals surface area contributed by atoms with Crippen molar-refractivity contribution >= 4 is 21.6 Å². The minimum Gasteiger partial charge on any atom is -0.383 e. The Labute approximate surface area is 123 Å². The van der Waals surface area contributed by atoms with Crippen LogP contribution in [-0.2, 0) is 19.6 Å². The van der Waals surface area contributed by atoms with E-state index in [2.05, 4.69) is 5.32 Å². The number of hydrogen-bond donors (Lipinski definition) is 1. The molecule has 0 unspecified atom stereocenters. The third-order valence-electron chi connectivity index (χ3n) is 2.78. The smallest absolute Gasteiger partial charge is 0.243 e. The van der Waals surface area contributed by atoms with Crippen LogP contribution >= 0.6 is 0 Å². The van der Waals surface area contributed by atoms with Gasteiger partial charge in [-0.05, 0) is 31.2 Å². The number of carbonyl (C=O) groups is 1. The van der Waals surface area contributed by atoms with Gasteiger partial charge >= 0.3 is 0 Å². The maximum atomic E-state index is 13.0. The quantitative estimate of drug-likeness (QED) is 0.753. The second kappa shape index (κ2) is 7.37. The highest BCUT2D eigenvalue weighted by Crippen LogP contribution is 2.21. The highest BCUT2D eigenvalue weighted by molar-refractivity contribution is 7.92. The van der Waals surface area contributed by atoms with E-state index in [9.17, 15) is 17.6 Å². The topological polar surface area (TPSA) is 75.7 Å². The molecule has 0 aliphatic rings. The van der Waals surface area contributed by atoms with Crippen molar-refractivity contribution in [3.05, 3.63) is 30.1 Å². The Balaban J connectivity index is 2.98. The van der Waals surface area contributed by atoms with E-state index in [1.165, 1.54) is 26.2 Å². The third kappa shape index (κ3) is 4.98. The van der Waals surface area contributed by atoms with Crippen LogP contribution in [0.5, 0.6) is 0 Å². The molecule has 0 saturated carbocycles. The fraction of sp³-hybridized carbons (Fsp3) is 0.462. The van der Waals surface area contributed by atoms with Gasteiger partial charge in [-0.25, -0.2) is 12.8 Å². The summed E-state index contributed by atoms with van der Waals surface area (Å²) in [4.78, 5) is 12.0. The number of nitrogens with zero attached hydrogens (tertiary/aromatic N) is 1. The lowest BCUT2D eigenvalue weighted by atomic mass is 10.2. The average Bonchev–Trinajstić information content (AvgIpc) is 2.39. The van der Waals surface area contributed by atoms with E-state index in [4.69, 9.17) is 4.74 Å². The Morgan fingerprint density at radius 2 is 1.95 bits per heavy atom. The number of rotatable bonds is 7. The van der Waals surface area contributed by atoms with Crippen LogP contribution in [0.25, 0.3) is 0 Å². The van der Waals surface area contributed by atoms with E-state index in [-0.39, 0.29) is 12.2 Å². The maximum Gasteiger partial charge on any atom is 0.243 e. The molecule has 0 heterocycles. The zero-order valence-corrected chi connectivity index (χ0v) is 13.0. The van der Waals surface area contributed by atoms with Gasteiger partial charge in [-0.3, -0.25) is 9.10 Å². The van der Waals surface area contributed by atoms with E-state index in [1.807, 2.05) is 0 Å². The zero-order valence-electron chi connectivity index (χ0n) is 12.2. The van der Waals surface area contributed by atoms with Gasteiger partial charge in [-0.1, -0.05) is 0 Å². The first-order valence-electron chi connectivity index (χ1n) is 6.29. The maximum absolute atomic E-state index is 13.0. The van der Waals surface area contributed by atoms with E-state index in [0.29, 0.717) is 6.61 Å². The van der Waals surface area contributed by atoms with Crippen molar-refractivity contribution in [2.45, 2.75) is 13.0 Å². The van der Waals surface area contributed by atoms with Crippen LogP contribution < -0.4 is 9.62 Å². The van der Waals surface area contributed by atoms with Crippen molar-refractivity contribution in [1.29, 1.82) is 0 Å². The lowest BCUT2D eigenvalue weighted by Crippen LogP contribution is -2.48. The van der Waals surface area contributed by atoms with Gasteiger partial charge in [0.15, 0.2) is 0 Å². The second-order valence-corrected chi connectivity index (χ2v) is 6.35. The predicted octanol–water partition coefficient (Wildman–Crippen LogP) is 0.743.